The van der Waals surface area contributed by atoms with Gasteiger partial charge in [-0.05, 0) is 159 Å². The Morgan fingerprint density at radius 3 is 0.452 bits per heavy atom. The summed E-state index contributed by atoms with van der Waals surface area (Å²) in [5, 5.41) is 222. The normalized spacial score (nSPS) is 14.6. The predicted octanol–water partition coefficient (Wildman–Crippen LogP) is 23.9. The van der Waals surface area contributed by atoms with Gasteiger partial charge in [-0.25, -0.2) is 0 Å². The topological polar surface area (TPSA) is 324 Å². The third kappa shape index (κ3) is 11.5. The van der Waals surface area contributed by atoms with Gasteiger partial charge in [0, 0.05) is 159 Å². The lowest BCUT2D eigenvalue weighted by Crippen LogP contribution is -2.14. The highest BCUT2D eigenvalue weighted by Gasteiger charge is 2.41. The van der Waals surface area contributed by atoms with Crippen LogP contribution in [0.15, 0.2) is 315 Å². The highest BCUT2D eigenvalue weighted by Crippen LogP contribution is 2.62. The van der Waals surface area contributed by atoms with Gasteiger partial charge in [-0.15, -0.1) is 0 Å². The Labute approximate surface area is 706 Å². The minimum Gasteiger partial charge on any atom is -0.507 e. The quantitative estimate of drug-likeness (QED) is 0.0672. The summed E-state index contributed by atoms with van der Waals surface area (Å²) in [6.07, 6.45) is 0. The van der Waals surface area contributed by atoms with Crippen LogP contribution in [0.5, 0.6) is 92.0 Å². The molecule has 124 heavy (non-hydrogen) atoms. The van der Waals surface area contributed by atoms with Gasteiger partial charge in [0.05, 0.1) is 0 Å². The second kappa shape index (κ2) is 28.5. The van der Waals surface area contributed by atoms with Crippen molar-refractivity contribution in [2.75, 3.05) is 0 Å². The van der Waals surface area contributed by atoms with Gasteiger partial charge in [0.25, 0.3) is 0 Å². The van der Waals surface area contributed by atoms with Crippen LogP contribution < -0.4 is 0 Å². The van der Waals surface area contributed by atoms with Crippen molar-refractivity contribution in [3.8, 4) is 136 Å². The Kier molecular flexibility index (Phi) is 17.2. The van der Waals surface area contributed by atoms with E-state index in [-0.39, 0.29) is 134 Å². The van der Waals surface area contributed by atoms with Crippen molar-refractivity contribution in [3.05, 3.63) is 382 Å². The molecule has 0 radical (unpaired) electrons. The van der Waals surface area contributed by atoms with E-state index in [1.807, 2.05) is 48.5 Å². The molecule has 16 nitrogen and oxygen atoms in total. The van der Waals surface area contributed by atoms with E-state index >= 15 is 0 Å². The van der Waals surface area contributed by atoms with Crippen LogP contribution in [0.3, 0.4) is 0 Å². The standard InChI is InChI=1S/C108H72O16/c109-81-37-33-53-17-1-9-25-61(53)97(81)101-65-29-13-5-21-57(65)41-77(105(101)121)93-69-45-71(87(115)49-85(69)113)94(78-42-58-22-6-14-30-66(58)102(106(78)122)98-62-26-10-2-18-54(62)34-38-82(98)110)73-47-75(91(119)51-89(73)117)96(80-44-60-24-8-16-32-68(60)104(108(80)124)100-64-28-12-4-20-56(64)36-40-84(100)112)76-48-74(90(118)52-92(76)120)95(72-46-70(93)86(114)50-88(72)116)79-43-59-23-7-15-31-67(59)103(107(79)123)99-63-27-11-3-19-55(63)35-39-83(99)111/h1-52,93-96,109-124H. The molecule has 21 rings (SSSR count). The molecule has 0 aromatic heterocycles. The van der Waals surface area contributed by atoms with Crippen LogP contribution in [0, 0.1) is 0 Å². The maximum Gasteiger partial charge on any atom is 0.128 e. The molecule has 20 aromatic carbocycles. The number of benzene rings is 20. The minimum atomic E-state index is -1.77. The number of rotatable bonds is 8. The van der Waals surface area contributed by atoms with Crippen LogP contribution in [0.1, 0.15) is 90.4 Å². The zero-order valence-corrected chi connectivity index (χ0v) is 65.5. The molecule has 0 amide bonds. The second-order valence-electron chi connectivity index (χ2n) is 32.0. The van der Waals surface area contributed by atoms with Gasteiger partial charge in [0.15, 0.2) is 0 Å². The molecule has 0 atom stereocenters. The molecule has 8 bridgehead atoms. The van der Waals surface area contributed by atoms with Gasteiger partial charge in [0.1, 0.15) is 92.0 Å². The summed E-state index contributed by atoms with van der Waals surface area (Å²) in [7, 11) is 0. The monoisotopic (exact) mass is 1620 g/mol. The number of hydrogen-bond acceptors (Lipinski definition) is 16. The van der Waals surface area contributed by atoms with E-state index in [1.165, 1.54) is 48.5 Å². The smallest absolute Gasteiger partial charge is 0.128 e. The Morgan fingerprint density at radius 1 is 0.121 bits per heavy atom. The first-order valence-electron chi connectivity index (χ1n) is 40.2. The van der Waals surface area contributed by atoms with E-state index in [0.717, 1.165) is 24.3 Å². The first kappa shape index (κ1) is 74.8. The van der Waals surface area contributed by atoms with Crippen LogP contribution in [0.25, 0.3) is 131 Å². The fourth-order valence-electron chi connectivity index (χ4n) is 19.7. The van der Waals surface area contributed by atoms with E-state index in [0.29, 0.717) is 86.2 Å². The zero-order chi connectivity index (χ0) is 85.1. The first-order valence-corrected chi connectivity index (χ1v) is 40.2. The highest BCUT2D eigenvalue weighted by molar-refractivity contribution is 6.15. The largest absolute Gasteiger partial charge is 0.507 e. The van der Waals surface area contributed by atoms with E-state index in [9.17, 15) is 81.7 Å². The molecule has 16 N–H and O–H groups in total. The van der Waals surface area contributed by atoms with Crippen LogP contribution in [0.2, 0.25) is 0 Å². The fourth-order valence-corrected chi connectivity index (χ4v) is 19.7. The summed E-state index contributed by atoms with van der Waals surface area (Å²) in [5.41, 5.74) is -1.03. The summed E-state index contributed by atoms with van der Waals surface area (Å²) in [4.78, 5) is 0. The highest BCUT2D eigenvalue weighted by atomic mass is 16.3. The van der Waals surface area contributed by atoms with Crippen molar-refractivity contribution in [1.82, 2.24) is 0 Å². The lowest BCUT2D eigenvalue weighted by Gasteiger charge is -2.31. The SMILES string of the molecule is Oc1cc(O)c2cc1C(c1cc3ccccc3c(-c3c(O)ccc4ccccc34)c1O)c1cc(c(O)cc1O)C(c1cc3ccccc3c(-c3c(O)ccc4ccccc34)c1O)c1cc(c(O)cc1O)C(c1cc3ccccc3c(-c3c(O)ccc4ccccc34)c1O)c1cc(c(O)cc1O)C2c1cc2ccccc2c(-c2c(O)ccc3ccccc23)c1O. The number of aromatic hydroxyl groups is 16. The van der Waals surface area contributed by atoms with Crippen LogP contribution >= 0.6 is 0 Å². The van der Waals surface area contributed by atoms with Crippen molar-refractivity contribution in [2.45, 2.75) is 23.7 Å². The summed E-state index contributed by atoms with van der Waals surface area (Å²) in [6, 6.07) is 86.2. The summed E-state index contributed by atoms with van der Waals surface area (Å²) in [5.74, 6) is -15.6. The lowest BCUT2D eigenvalue weighted by atomic mass is 9.73. The van der Waals surface area contributed by atoms with Crippen molar-refractivity contribution in [3.63, 3.8) is 0 Å². The molecule has 0 saturated heterocycles. The third-order valence-electron chi connectivity index (χ3n) is 25.3. The number of phenolic OH excluding ortho intramolecular Hbond substituents is 16. The number of fused-ring (bicyclic) bond motifs is 16. The Morgan fingerprint density at radius 2 is 0.274 bits per heavy atom. The Hall–Kier alpha value is -16.7. The zero-order valence-electron chi connectivity index (χ0n) is 65.5. The van der Waals surface area contributed by atoms with Gasteiger partial charge in [-0.2, -0.15) is 0 Å². The van der Waals surface area contributed by atoms with Crippen LogP contribution in [-0.4, -0.2) is 81.7 Å². The Bertz CT molecular complexity index is 6970. The summed E-state index contributed by atoms with van der Waals surface area (Å²) < 4.78 is 0. The predicted molar refractivity (Wildman–Crippen MR) is 484 cm³/mol. The minimum absolute atomic E-state index is 0.0857. The molecule has 0 unspecified atom stereocenters. The molecule has 16 heteroatoms. The second-order valence-corrected chi connectivity index (χ2v) is 32.0. The lowest BCUT2D eigenvalue weighted by molar-refractivity contribution is 0.428. The molecule has 0 aliphatic heterocycles. The molecule has 0 spiro atoms. The van der Waals surface area contributed by atoms with Gasteiger partial charge in [0.2, 0.25) is 0 Å². The van der Waals surface area contributed by atoms with Crippen molar-refractivity contribution >= 4 is 86.2 Å². The molecule has 1 aliphatic rings. The number of hydrogen-bond donors (Lipinski definition) is 16. The van der Waals surface area contributed by atoms with E-state index in [1.54, 1.807) is 194 Å². The van der Waals surface area contributed by atoms with Crippen LogP contribution in [-0.2, 0) is 0 Å². The fraction of sp³-hybridized carbons (Fsp3) is 0.0370. The van der Waals surface area contributed by atoms with Gasteiger partial charge < -0.3 is 81.7 Å². The molecule has 0 heterocycles. The van der Waals surface area contributed by atoms with Crippen molar-refractivity contribution < 1.29 is 81.7 Å². The van der Waals surface area contributed by atoms with Gasteiger partial charge in [-0.3, -0.25) is 0 Å². The van der Waals surface area contributed by atoms with Crippen molar-refractivity contribution in [1.29, 1.82) is 0 Å². The maximum absolute atomic E-state index is 14.1. The third-order valence-corrected chi connectivity index (χ3v) is 25.3. The van der Waals surface area contributed by atoms with E-state index in [2.05, 4.69) is 0 Å². The molecule has 0 saturated carbocycles. The van der Waals surface area contributed by atoms with E-state index < -0.39 is 92.7 Å². The molecule has 1 aliphatic carbocycles. The molecule has 20 aromatic rings. The Balaban J connectivity index is 0.957. The van der Waals surface area contributed by atoms with Crippen LogP contribution in [0.4, 0.5) is 0 Å². The average molecular weight is 1630 g/mol. The summed E-state index contributed by atoms with van der Waals surface area (Å²) in [6.45, 7) is 0. The molecular weight excluding hydrogens is 1550 g/mol. The van der Waals surface area contributed by atoms with Gasteiger partial charge >= 0.3 is 0 Å². The molecule has 0 fully saturated rings. The maximum atomic E-state index is 14.1. The summed E-state index contributed by atoms with van der Waals surface area (Å²) >= 11 is 0. The van der Waals surface area contributed by atoms with Crippen molar-refractivity contribution in [2.24, 2.45) is 0 Å². The first-order chi connectivity index (χ1) is 60.2. The number of phenols is 16. The molecule has 600 valence electrons. The van der Waals surface area contributed by atoms with Gasteiger partial charge in [-0.1, -0.05) is 218 Å². The average Bonchev–Trinajstić information content (AvgIpc) is 0.732. The van der Waals surface area contributed by atoms with E-state index in [4.69, 9.17) is 0 Å². The molecular formula is C108H72O16.